The van der Waals surface area contributed by atoms with Crippen LogP contribution in [0.1, 0.15) is 48.5 Å². The quantitative estimate of drug-likeness (QED) is 0.0823. The third-order valence-corrected chi connectivity index (χ3v) is 7.35. The van der Waals surface area contributed by atoms with Crippen molar-refractivity contribution in [2.75, 3.05) is 13.2 Å². The molecule has 2 aliphatic heterocycles. The van der Waals surface area contributed by atoms with Gasteiger partial charge in [-0.15, -0.1) is 0 Å². The molecule has 0 aliphatic carbocycles. The maximum Gasteiger partial charge on any atom is 0.516 e. The second-order valence-corrected chi connectivity index (χ2v) is 11.9. The molecule has 0 bridgehead atoms. The first-order valence-corrected chi connectivity index (χ1v) is 16.5. The number of hydrogen-bond acceptors (Lipinski definition) is 22. The Morgan fingerprint density at radius 1 is 0.536 bits per heavy atom. The predicted molar refractivity (Wildman–Crippen MR) is 173 cm³/mol. The maximum absolute atomic E-state index is 12.9. The summed E-state index contributed by atoms with van der Waals surface area (Å²) in [5.74, 6) is -6.81. The summed E-state index contributed by atoms with van der Waals surface area (Å²) < 4.78 is 65.8. The molecule has 0 unspecified atom stereocenters. The summed E-state index contributed by atoms with van der Waals surface area (Å²) in [5.41, 5.74) is -0.323. The van der Waals surface area contributed by atoms with Crippen molar-refractivity contribution in [3.8, 4) is 5.75 Å². The third kappa shape index (κ3) is 13.1. The zero-order valence-corrected chi connectivity index (χ0v) is 30.9. The monoisotopic (exact) mass is 801 g/mol. The number of carbonyl (C=O) groups excluding carboxylic acids is 8. The largest absolute Gasteiger partial charge is 0.516 e. The molecule has 2 heterocycles. The van der Waals surface area contributed by atoms with E-state index in [-0.39, 0.29) is 11.4 Å². The summed E-state index contributed by atoms with van der Waals surface area (Å²) in [7, 11) is 0. The average Bonchev–Trinajstić information content (AvgIpc) is 3.07. The number of hydrogen-bond donors (Lipinski definition) is 0. The molecule has 56 heavy (non-hydrogen) atoms. The van der Waals surface area contributed by atoms with Crippen LogP contribution < -0.4 is 4.74 Å². The zero-order chi connectivity index (χ0) is 41.9. The highest BCUT2D eigenvalue weighted by atomic mass is 16.8. The van der Waals surface area contributed by atoms with Gasteiger partial charge in [0.2, 0.25) is 12.4 Å². The first-order valence-electron chi connectivity index (χ1n) is 16.5. The predicted octanol–water partition coefficient (Wildman–Crippen LogP) is 0.730. The fraction of sp³-hybridized carbons (Fsp3) is 0.576. The molecule has 1 aromatic rings. The Balaban J connectivity index is 2.12. The van der Waals surface area contributed by atoms with Crippen LogP contribution >= 0.6 is 0 Å². The van der Waals surface area contributed by atoms with Crippen LogP contribution in [0.4, 0.5) is 10.5 Å². The molecule has 0 amide bonds. The average molecular weight is 802 g/mol. The van der Waals surface area contributed by atoms with Gasteiger partial charge in [0.05, 0.1) is 4.92 Å². The number of carbonyl (C=O) groups is 8. The van der Waals surface area contributed by atoms with Gasteiger partial charge in [-0.05, 0) is 12.1 Å². The fourth-order valence-corrected chi connectivity index (χ4v) is 5.42. The second kappa shape index (κ2) is 20.1. The summed E-state index contributed by atoms with van der Waals surface area (Å²) >= 11 is 0. The van der Waals surface area contributed by atoms with Crippen LogP contribution in [0.3, 0.4) is 0 Å². The SMILES string of the molecule is CC(=O)OC[C@H]1O[C@@H](O[C@H]2[C@H](OC(C)=O)[C@@H](OC(C)=O)[C@@H](OC(=O)Oc3ccc([N+](=O)[O-])cc3)O[C@@H]2COC(C)=O)[C@H](OC(C)=O)[C@@H](OC(C)=O)[C@H]1OC(C)=O. The molecule has 2 saturated heterocycles. The number of ether oxygens (including phenoxy) is 12. The van der Waals surface area contributed by atoms with E-state index in [0.717, 1.165) is 72.7 Å². The van der Waals surface area contributed by atoms with Gasteiger partial charge in [-0.1, -0.05) is 0 Å². The summed E-state index contributed by atoms with van der Waals surface area (Å²) in [6, 6.07) is 4.21. The van der Waals surface area contributed by atoms with Crippen LogP contribution in [0.5, 0.6) is 5.75 Å². The number of nitrogens with zero attached hydrogens (tertiary/aromatic N) is 1. The standard InChI is InChI=1S/C33H39NO22/c1-14(35)45-12-23-25(47-16(3)37)27(48-17(4)38)29(50-19(6)40)31(53-23)55-26-24(13-46-15(2)36)54-32(30(51-20(7)41)28(26)49-18(5)39)56-33(42)52-22-10-8-21(9-11-22)34(43)44/h8-11,23-32H,12-13H2,1-7H3/t23-,24-,25+,26-,27+,28+,29-,30-,31+,32-/m1/s1. The molecule has 2 fully saturated rings. The lowest BCUT2D eigenvalue weighted by Crippen LogP contribution is -2.67. The minimum atomic E-state index is -2.01. The Hall–Kier alpha value is -5.94. The molecular weight excluding hydrogens is 762 g/mol. The summed E-state index contributed by atoms with van der Waals surface area (Å²) in [4.78, 5) is 109. The summed E-state index contributed by atoms with van der Waals surface area (Å²) in [5, 5.41) is 11.0. The van der Waals surface area contributed by atoms with Crippen LogP contribution in [0.25, 0.3) is 0 Å². The highest BCUT2D eigenvalue weighted by Crippen LogP contribution is 2.36. The number of esters is 7. The molecule has 23 heteroatoms. The van der Waals surface area contributed by atoms with E-state index in [1.165, 1.54) is 0 Å². The van der Waals surface area contributed by atoms with Gasteiger partial charge in [-0.25, -0.2) is 4.79 Å². The normalized spacial score (nSPS) is 26.9. The van der Waals surface area contributed by atoms with Crippen molar-refractivity contribution in [1.82, 2.24) is 0 Å². The molecule has 0 aromatic heterocycles. The van der Waals surface area contributed by atoms with E-state index in [1.54, 1.807) is 0 Å². The molecule has 0 radical (unpaired) electrons. The molecule has 308 valence electrons. The van der Waals surface area contributed by atoms with Crippen molar-refractivity contribution in [3.63, 3.8) is 0 Å². The molecule has 2 aliphatic rings. The van der Waals surface area contributed by atoms with E-state index in [9.17, 15) is 48.5 Å². The van der Waals surface area contributed by atoms with Crippen LogP contribution in [-0.4, -0.2) is 127 Å². The Kier molecular flexibility index (Phi) is 16.0. The second-order valence-electron chi connectivity index (χ2n) is 11.9. The smallest absolute Gasteiger partial charge is 0.463 e. The summed E-state index contributed by atoms with van der Waals surface area (Å²) in [6.45, 7) is 5.55. The van der Waals surface area contributed by atoms with E-state index in [1.807, 2.05) is 0 Å². The highest BCUT2D eigenvalue weighted by Gasteiger charge is 2.58. The van der Waals surface area contributed by atoms with Crippen LogP contribution in [-0.2, 0) is 85.7 Å². The molecule has 0 N–H and O–H groups in total. The molecule has 0 spiro atoms. The topological polar surface area (TPSA) is 290 Å². The van der Waals surface area contributed by atoms with E-state index in [2.05, 4.69) is 0 Å². The number of non-ortho nitro benzene ring substituents is 1. The molecule has 3 rings (SSSR count). The Morgan fingerprint density at radius 2 is 0.929 bits per heavy atom. The van der Waals surface area contributed by atoms with Gasteiger partial charge < -0.3 is 56.8 Å². The molecule has 10 atom stereocenters. The first kappa shape index (κ1) is 44.5. The number of benzene rings is 1. The van der Waals surface area contributed by atoms with Crippen molar-refractivity contribution in [2.45, 2.75) is 110 Å². The molecule has 0 saturated carbocycles. The van der Waals surface area contributed by atoms with Crippen molar-refractivity contribution in [2.24, 2.45) is 0 Å². The van der Waals surface area contributed by atoms with Crippen molar-refractivity contribution >= 4 is 53.6 Å². The van der Waals surface area contributed by atoms with Gasteiger partial charge in [0.15, 0.2) is 30.7 Å². The van der Waals surface area contributed by atoms with Gasteiger partial charge in [-0.3, -0.25) is 43.7 Å². The van der Waals surface area contributed by atoms with Gasteiger partial charge >= 0.3 is 47.9 Å². The van der Waals surface area contributed by atoms with Gasteiger partial charge in [0, 0.05) is 60.6 Å². The van der Waals surface area contributed by atoms with Gasteiger partial charge in [0.1, 0.15) is 37.3 Å². The van der Waals surface area contributed by atoms with Gasteiger partial charge in [0.25, 0.3) is 5.69 Å². The van der Waals surface area contributed by atoms with Crippen molar-refractivity contribution in [1.29, 1.82) is 0 Å². The van der Waals surface area contributed by atoms with E-state index < -0.39 is 127 Å². The van der Waals surface area contributed by atoms with Crippen LogP contribution in [0.15, 0.2) is 24.3 Å². The van der Waals surface area contributed by atoms with Crippen LogP contribution in [0.2, 0.25) is 0 Å². The number of rotatable bonds is 14. The van der Waals surface area contributed by atoms with Crippen LogP contribution in [0, 0.1) is 10.1 Å². The Labute approximate surface area is 317 Å². The minimum Gasteiger partial charge on any atom is -0.463 e. The van der Waals surface area contributed by atoms with E-state index in [4.69, 9.17) is 56.8 Å². The third-order valence-electron chi connectivity index (χ3n) is 7.35. The summed E-state index contributed by atoms with van der Waals surface area (Å²) in [6.07, 6.45) is -19.2. The first-order chi connectivity index (χ1) is 26.2. The lowest BCUT2D eigenvalue weighted by molar-refractivity contribution is -0.384. The molecular formula is C33H39NO22. The van der Waals surface area contributed by atoms with Crippen molar-refractivity contribution < 1.29 is 100 Å². The zero-order valence-electron chi connectivity index (χ0n) is 30.9. The lowest BCUT2D eigenvalue weighted by atomic mass is 9.96. The highest BCUT2D eigenvalue weighted by molar-refractivity contribution is 5.70. The minimum absolute atomic E-state index is 0.224. The fourth-order valence-electron chi connectivity index (χ4n) is 5.42. The Morgan fingerprint density at radius 3 is 1.38 bits per heavy atom. The maximum atomic E-state index is 12.9. The van der Waals surface area contributed by atoms with E-state index in [0.29, 0.717) is 0 Å². The molecule has 23 nitrogen and oxygen atoms in total. The number of nitro benzene ring substituents is 1. The Bertz CT molecular complexity index is 1640. The molecule has 1 aromatic carbocycles. The van der Waals surface area contributed by atoms with E-state index >= 15 is 0 Å². The van der Waals surface area contributed by atoms with Crippen molar-refractivity contribution in [3.05, 3.63) is 34.4 Å². The number of nitro groups is 1. The van der Waals surface area contributed by atoms with Gasteiger partial charge in [-0.2, -0.15) is 0 Å². The lowest BCUT2D eigenvalue weighted by Gasteiger charge is -2.48.